The molecule has 2 N–H and O–H groups in total. The lowest BCUT2D eigenvalue weighted by atomic mass is 10.1. The summed E-state index contributed by atoms with van der Waals surface area (Å²) in [5.41, 5.74) is 6.79. The van der Waals surface area contributed by atoms with Crippen LogP contribution in [0.5, 0.6) is 5.88 Å². The molecule has 8 heteroatoms. The molecule has 1 fully saturated rings. The van der Waals surface area contributed by atoms with Crippen LogP contribution in [-0.4, -0.2) is 42.0 Å². The summed E-state index contributed by atoms with van der Waals surface area (Å²) in [6, 6.07) is 3.37. The molecule has 22 heavy (non-hydrogen) atoms. The molecule has 0 saturated carbocycles. The smallest absolute Gasteiger partial charge is 0.272 e. The molecule has 0 atom stereocenters. The van der Waals surface area contributed by atoms with Crippen molar-refractivity contribution < 1.29 is 13.5 Å². The van der Waals surface area contributed by atoms with E-state index in [1.165, 1.54) is 12.6 Å². The van der Waals surface area contributed by atoms with Gasteiger partial charge in [0.1, 0.15) is 0 Å². The highest BCUT2D eigenvalue weighted by Crippen LogP contribution is 2.12. The van der Waals surface area contributed by atoms with E-state index in [1.807, 2.05) is 0 Å². The SMILES string of the molecule is I.NC(=NCc1ccnc(OCC(F)F)c1)N1CCCCC1. The lowest BCUT2D eigenvalue weighted by molar-refractivity contribution is 0.0795. The van der Waals surface area contributed by atoms with E-state index in [9.17, 15) is 8.78 Å². The van der Waals surface area contributed by atoms with Gasteiger partial charge < -0.3 is 15.4 Å². The van der Waals surface area contributed by atoms with Gasteiger partial charge in [-0.15, -0.1) is 24.0 Å². The third-order valence-electron chi connectivity index (χ3n) is 3.26. The van der Waals surface area contributed by atoms with E-state index in [0.717, 1.165) is 31.5 Å². The summed E-state index contributed by atoms with van der Waals surface area (Å²) in [6.45, 7) is 1.61. The quantitative estimate of drug-likeness (QED) is 0.447. The average Bonchev–Trinajstić information content (AvgIpc) is 2.52. The van der Waals surface area contributed by atoms with Crippen LogP contribution in [0.2, 0.25) is 0 Å². The first-order valence-corrected chi connectivity index (χ1v) is 7.06. The number of pyridine rings is 1. The second kappa shape index (κ2) is 9.75. The molecule has 1 aliphatic heterocycles. The lowest BCUT2D eigenvalue weighted by Gasteiger charge is -2.27. The van der Waals surface area contributed by atoms with Gasteiger partial charge in [0.2, 0.25) is 5.88 Å². The molecule has 0 radical (unpaired) electrons. The van der Waals surface area contributed by atoms with Crippen LogP contribution in [-0.2, 0) is 6.54 Å². The van der Waals surface area contributed by atoms with Crippen LogP contribution < -0.4 is 10.5 Å². The van der Waals surface area contributed by atoms with Crippen molar-refractivity contribution >= 4 is 29.9 Å². The first-order chi connectivity index (χ1) is 10.1. The Morgan fingerprint density at radius 3 is 2.77 bits per heavy atom. The maximum Gasteiger partial charge on any atom is 0.272 e. The summed E-state index contributed by atoms with van der Waals surface area (Å²) in [5.74, 6) is 0.709. The van der Waals surface area contributed by atoms with E-state index in [2.05, 4.69) is 14.9 Å². The maximum atomic E-state index is 12.1. The fourth-order valence-electron chi connectivity index (χ4n) is 2.17. The van der Waals surface area contributed by atoms with E-state index >= 15 is 0 Å². The second-order valence-electron chi connectivity index (χ2n) is 4.93. The fourth-order valence-corrected chi connectivity index (χ4v) is 2.17. The third-order valence-corrected chi connectivity index (χ3v) is 3.26. The van der Waals surface area contributed by atoms with Crippen molar-refractivity contribution in [1.29, 1.82) is 0 Å². The molecule has 1 saturated heterocycles. The van der Waals surface area contributed by atoms with Crippen molar-refractivity contribution in [2.24, 2.45) is 10.7 Å². The maximum absolute atomic E-state index is 12.1. The standard InChI is InChI=1S/C14H20F2N4O.HI/c15-12(16)10-21-13-8-11(4-5-18-13)9-19-14(17)20-6-2-1-3-7-20;/h4-5,8,12H,1-3,6-7,9-10H2,(H2,17,19);1H. The van der Waals surface area contributed by atoms with E-state index in [0.29, 0.717) is 12.5 Å². The number of hydrogen-bond acceptors (Lipinski definition) is 3. The van der Waals surface area contributed by atoms with Crippen molar-refractivity contribution in [3.8, 4) is 5.88 Å². The number of ether oxygens (including phenoxy) is 1. The van der Waals surface area contributed by atoms with Gasteiger partial charge in [0.25, 0.3) is 6.43 Å². The van der Waals surface area contributed by atoms with E-state index < -0.39 is 13.0 Å². The van der Waals surface area contributed by atoms with Gasteiger partial charge in [-0.1, -0.05) is 0 Å². The summed E-state index contributed by atoms with van der Waals surface area (Å²) in [4.78, 5) is 10.3. The molecule has 2 rings (SSSR count). The van der Waals surface area contributed by atoms with Gasteiger partial charge in [-0.3, -0.25) is 0 Å². The Hall–Kier alpha value is -1.19. The first-order valence-electron chi connectivity index (χ1n) is 7.06. The van der Waals surface area contributed by atoms with E-state index in [1.54, 1.807) is 12.1 Å². The minimum Gasteiger partial charge on any atom is -0.472 e. The highest BCUT2D eigenvalue weighted by molar-refractivity contribution is 14.0. The van der Waals surface area contributed by atoms with Crippen LogP contribution in [0.4, 0.5) is 8.78 Å². The molecule has 5 nitrogen and oxygen atoms in total. The second-order valence-corrected chi connectivity index (χ2v) is 4.93. The van der Waals surface area contributed by atoms with E-state index in [-0.39, 0.29) is 29.9 Å². The van der Waals surface area contributed by atoms with Gasteiger partial charge in [-0.25, -0.2) is 18.8 Å². The number of nitrogens with two attached hydrogens (primary N) is 1. The molecule has 0 aliphatic carbocycles. The van der Waals surface area contributed by atoms with Crippen LogP contribution in [0.1, 0.15) is 24.8 Å². The molecule has 1 aromatic heterocycles. The highest BCUT2D eigenvalue weighted by Gasteiger charge is 2.11. The van der Waals surface area contributed by atoms with Gasteiger partial charge in [-0.2, -0.15) is 0 Å². The molecule has 0 spiro atoms. The number of hydrogen-bond donors (Lipinski definition) is 1. The molecule has 2 heterocycles. The summed E-state index contributed by atoms with van der Waals surface area (Å²) in [6.07, 6.45) is 2.51. The number of guanidine groups is 1. The van der Waals surface area contributed by atoms with Crippen molar-refractivity contribution in [1.82, 2.24) is 9.88 Å². The fraction of sp³-hybridized carbons (Fsp3) is 0.571. The molecular weight excluding hydrogens is 405 g/mol. The Kier molecular flexibility index (Phi) is 8.36. The third kappa shape index (κ3) is 6.29. The van der Waals surface area contributed by atoms with Crippen molar-refractivity contribution in [3.63, 3.8) is 0 Å². The summed E-state index contributed by atoms with van der Waals surface area (Å²) in [5, 5.41) is 0. The summed E-state index contributed by atoms with van der Waals surface area (Å²) >= 11 is 0. The van der Waals surface area contributed by atoms with Crippen LogP contribution in [0.15, 0.2) is 23.3 Å². The number of likely N-dealkylation sites (tertiary alicyclic amines) is 1. The Bertz CT molecular complexity index is 482. The van der Waals surface area contributed by atoms with Crippen molar-refractivity contribution in [2.75, 3.05) is 19.7 Å². The Morgan fingerprint density at radius 1 is 1.36 bits per heavy atom. The van der Waals surface area contributed by atoms with Crippen molar-refractivity contribution in [3.05, 3.63) is 23.9 Å². The first kappa shape index (κ1) is 18.9. The molecule has 0 unspecified atom stereocenters. The number of rotatable bonds is 5. The van der Waals surface area contributed by atoms with Gasteiger partial charge in [0.05, 0.1) is 6.54 Å². The number of nitrogens with zero attached hydrogens (tertiary/aromatic N) is 3. The topological polar surface area (TPSA) is 63.7 Å². The van der Waals surface area contributed by atoms with Gasteiger partial charge in [0.15, 0.2) is 12.6 Å². The van der Waals surface area contributed by atoms with Gasteiger partial charge in [-0.05, 0) is 30.9 Å². The van der Waals surface area contributed by atoms with Crippen molar-refractivity contribution in [2.45, 2.75) is 32.2 Å². The minimum atomic E-state index is -2.51. The largest absolute Gasteiger partial charge is 0.472 e. The predicted molar refractivity (Wildman–Crippen MR) is 91.9 cm³/mol. The molecule has 0 bridgehead atoms. The summed E-state index contributed by atoms with van der Waals surface area (Å²) < 4.78 is 29.0. The number of piperidine rings is 1. The zero-order valence-corrected chi connectivity index (χ0v) is 14.6. The van der Waals surface area contributed by atoms with Crippen LogP contribution in [0, 0.1) is 0 Å². The molecule has 1 aliphatic rings. The van der Waals surface area contributed by atoms with Gasteiger partial charge >= 0.3 is 0 Å². The number of aromatic nitrogens is 1. The minimum absolute atomic E-state index is 0. The number of alkyl halides is 2. The molecule has 0 amide bonds. The monoisotopic (exact) mass is 426 g/mol. The highest BCUT2D eigenvalue weighted by atomic mass is 127. The van der Waals surface area contributed by atoms with Crippen LogP contribution >= 0.6 is 24.0 Å². The van der Waals surface area contributed by atoms with E-state index in [4.69, 9.17) is 10.5 Å². The Labute approximate surface area is 146 Å². The number of aliphatic imine (C=N–C) groups is 1. The zero-order chi connectivity index (χ0) is 15.1. The van der Waals surface area contributed by atoms with Gasteiger partial charge in [0, 0.05) is 25.4 Å². The molecule has 1 aromatic rings. The van der Waals surface area contributed by atoms with Crippen LogP contribution in [0.25, 0.3) is 0 Å². The summed E-state index contributed by atoms with van der Waals surface area (Å²) in [7, 11) is 0. The Morgan fingerprint density at radius 2 is 2.09 bits per heavy atom. The average molecular weight is 426 g/mol. The normalized spacial score (nSPS) is 15.6. The molecular formula is C14H21F2IN4O. The predicted octanol–water partition coefficient (Wildman–Crippen LogP) is 2.64. The zero-order valence-electron chi connectivity index (χ0n) is 12.3. The Balaban J connectivity index is 0.00000242. The molecule has 0 aromatic carbocycles. The number of halogens is 3. The lowest BCUT2D eigenvalue weighted by Crippen LogP contribution is -2.40. The van der Waals surface area contributed by atoms with Crippen LogP contribution in [0.3, 0.4) is 0 Å². The molecule has 124 valence electrons.